The van der Waals surface area contributed by atoms with Crippen molar-refractivity contribution >= 4 is 18.7 Å². The molecule has 0 saturated carbocycles. The van der Waals surface area contributed by atoms with Gasteiger partial charge in [0.25, 0.3) is 0 Å². The first-order valence-corrected chi connectivity index (χ1v) is 8.36. The number of rotatable bonds is 4. The summed E-state index contributed by atoms with van der Waals surface area (Å²) in [5.41, 5.74) is 0.0185. The largest absolute Gasteiger partial charge is 0.493 e. The Morgan fingerprint density at radius 2 is 1.96 bits per heavy atom. The van der Waals surface area contributed by atoms with E-state index in [1.807, 2.05) is 20.8 Å². The summed E-state index contributed by atoms with van der Waals surface area (Å²) in [5, 5.41) is 18.2. The van der Waals surface area contributed by atoms with Gasteiger partial charge in [0.1, 0.15) is 5.60 Å². The molecule has 0 spiro atoms. The van der Waals surface area contributed by atoms with Gasteiger partial charge in [0.15, 0.2) is 0 Å². The van der Waals surface area contributed by atoms with Crippen LogP contribution in [0, 0.1) is 5.95 Å². The van der Waals surface area contributed by atoms with Crippen molar-refractivity contribution < 1.29 is 24.0 Å². The van der Waals surface area contributed by atoms with E-state index in [1.54, 1.807) is 4.90 Å². The molecular formula is C16H25BFN3O4. The maximum atomic E-state index is 13.4. The summed E-state index contributed by atoms with van der Waals surface area (Å²) in [5.74, 6) is -0.871. The van der Waals surface area contributed by atoms with Crippen LogP contribution in [0.25, 0.3) is 0 Å². The average molecular weight is 353 g/mol. The predicted molar refractivity (Wildman–Crippen MR) is 92.0 cm³/mol. The number of carbonyl (C=O) groups excluding carboxylic acids is 1. The molecule has 1 aromatic heterocycles. The zero-order valence-corrected chi connectivity index (χ0v) is 14.9. The van der Waals surface area contributed by atoms with Gasteiger partial charge in [-0.3, -0.25) is 4.90 Å². The molecule has 0 radical (unpaired) electrons. The first-order valence-electron chi connectivity index (χ1n) is 8.36. The normalized spacial score (nSPS) is 16.0. The SMILES string of the molecule is CC(C)(C)OC(=O)N1CCN(CCc2cnc(F)c(B(O)O)c2)CC1. The van der Waals surface area contributed by atoms with E-state index >= 15 is 0 Å². The Kier molecular flexibility index (Phi) is 6.37. The molecule has 138 valence electrons. The minimum Gasteiger partial charge on any atom is -0.444 e. The van der Waals surface area contributed by atoms with Crippen LogP contribution in [-0.4, -0.2) is 76.4 Å². The van der Waals surface area contributed by atoms with Crippen LogP contribution in [0.15, 0.2) is 12.3 Å². The maximum Gasteiger partial charge on any atom is 0.493 e. The molecule has 1 aliphatic heterocycles. The first-order chi connectivity index (χ1) is 11.7. The molecule has 25 heavy (non-hydrogen) atoms. The molecule has 0 bridgehead atoms. The standard InChI is InChI=1S/C16H25BFN3O4/c1-16(2,3)25-15(22)21-8-6-20(7-9-21)5-4-12-10-13(17(23)24)14(18)19-11-12/h10-11,23-24H,4-9H2,1-3H3. The van der Waals surface area contributed by atoms with Crippen molar-refractivity contribution in [3.05, 3.63) is 23.8 Å². The molecule has 1 amide bonds. The van der Waals surface area contributed by atoms with Gasteiger partial charge in [-0.15, -0.1) is 0 Å². The fraction of sp³-hybridized carbons (Fsp3) is 0.625. The Bertz CT molecular complexity index is 602. The number of hydrogen-bond donors (Lipinski definition) is 2. The van der Waals surface area contributed by atoms with Crippen LogP contribution in [0.3, 0.4) is 0 Å². The molecule has 1 aromatic rings. The van der Waals surface area contributed by atoms with Crippen molar-refractivity contribution in [2.45, 2.75) is 32.8 Å². The van der Waals surface area contributed by atoms with Gasteiger partial charge in [-0.2, -0.15) is 4.39 Å². The van der Waals surface area contributed by atoms with Crippen LogP contribution in [0.1, 0.15) is 26.3 Å². The minimum absolute atomic E-state index is 0.216. The van der Waals surface area contributed by atoms with Crippen LogP contribution >= 0.6 is 0 Å². The summed E-state index contributed by atoms with van der Waals surface area (Å²) in [7, 11) is -1.87. The fourth-order valence-electron chi connectivity index (χ4n) is 2.60. The second kappa shape index (κ2) is 8.12. The number of ether oxygens (including phenoxy) is 1. The van der Waals surface area contributed by atoms with Crippen molar-refractivity contribution in [1.82, 2.24) is 14.8 Å². The minimum atomic E-state index is -1.87. The summed E-state index contributed by atoms with van der Waals surface area (Å²) < 4.78 is 18.7. The molecule has 1 fully saturated rings. The van der Waals surface area contributed by atoms with Gasteiger partial charge < -0.3 is 19.7 Å². The lowest BCUT2D eigenvalue weighted by Gasteiger charge is -2.35. The summed E-state index contributed by atoms with van der Waals surface area (Å²) >= 11 is 0. The molecule has 0 atom stereocenters. The third-order valence-electron chi connectivity index (χ3n) is 3.94. The average Bonchev–Trinajstić information content (AvgIpc) is 2.52. The summed E-state index contributed by atoms with van der Waals surface area (Å²) in [6.45, 7) is 8.89. The van der Waals surface area contributed by atoms with Gasteiger partial charge in [0, 0.05) is 44.4 Å². The topological polar surface area (TPSA) is 86.1 Å². The van der Waals surface area contributed by atoms with E-state index in [9.17, 15) is 9.18 Å². The molecule has 1 aliphatic rings. The maximum absolute atomic E-state index is 13.4. The molecule has 0 unspecified atom stereocenters. The van der Waals surface area contributed by atoms with E-state index in [4.69, 9.17) is 14.8 Å². The van der Waals surface area contributed by atoms with Gasteiger partial charge in [0.2, 0.25) is 5.95 Å². The zero-order valence-electron chi connectivity index (χ0n) is 14.9. The quantitative estimate of drug-likeness (QED) is 0.585. The first kappa shape index (κ1) is 19.6. The highest BCUT2D eigenvalue weighted by Crippen LogP contribution is 2.12. The van der Waals surface area contributed by atoms with E-state index in [0.717, 1.165) is 25.2 Å². The van der Waals surface area contributed by atoms with E-state index < -0.39 is 18.7 Å². The molecule has 2 N–H and O–H groups in total. The van der Waals surface area contributed by atoms with Crippen LogP contribution in [0.2, 0.25) is 0 Å². The number of nitrogens with zero attached hydrogens (tertiary/aromatic N) is 3. The Morgan fingerprint density at radius 3 is 2.52 bits per heavy atom. The third-order valence-corrected chi connectivity index (χ3v) is 3.94. The second-order valence-electron chi connectivity index (χ2n) is 7.16. The smallest absolute Gasteiger partial charge is 0.444 e. The van der Waals surface area contributed by atoms with Crippen molar-refractivity contribution in [2.24, 2.45) is 0 Å². The molecule has 1 saturated heterocycles. The highest BCUT2D eigenvalue weighted by Gasteiger charge is 2.25. The number of amides is 1. The number of aromatic nitrogens is 1. The molecule has 7 nitrogen and oxygen atoms in total. The van der Waals surface area contributed by atoms with Crippen LogP contribution in [0.4, 0.5) is 9.18 Å². The van der Waals surface area contributed by atoms with E-state index in [1.165, 1.54) is 12.3 Å². The predicted octanol–water partition coefficient (Wildman–Crippen LogP) is -0.00430. The molecule has 2 rings (SSSR count). The van der Waals surface area contributed by atoms with Crippen LogP contribution in [-0.2, 0) is 11.2 Å². The Balaban J connectivity index is 1.81. The summed E-state index contributed by atoms with van der Waals surface area (Å²) in [6, 6.07) is 1.42. The molecule has 0 aliphatic carbocycles. The Morgan fingerprint density at radius 1 is 1.32 bits per heavy atom. The highest BCUT2D eigenvalue weighted by molar-refractivity contribution is 6.58. The van der Waals surface area contributed by atoms with Gasteiger partial charge >= 0.3 is 13.2 Å². The third kappa shape index (κ3) is 5.95. The van der Waals surface area contributed by atoms with E-state index in [-0.39, 0.29) is 11.6 Å². The molecule has 2 heterocycles. The lowest BCUT2D eigenvalue weighted by molar-refractivity contribution is 0.0146. The molecular weight excluding hydrogens is 328 g/mol. The second-order valence-corrected chi connectivity index (χ2v) is 7.16. The van der Waals surface area contributed by atoms with E-state index in [0.29, 0.717) is 19.5 Å². The van der Waals surface area contributed by atoms with Crippen molar-refractivity contribution in [3.8, 4) is 0 Å². The number of pyridine rings is 1. The van der Waals surface area contributed by atoms with Crippen molar-refractivity contribution in [1.29, 1.82) is 0 Å². The summed E-state index contributed by atoms with van der Waals surface area (Å²) in [6.07, 6.45) is 1.72. The van der Waals surface area contributed by atoms with Crippen molar-refractivity contribution in [2.75, 3.05) is 32.7 Å². The van der Waals surface area contributed by atoms with Gasteiger partial charge in [-0.25, -0.2) is 9.78 Å². The number of halogens is 1. The highest BCUT2D eigenvalue weighted by atomic mass is 19.1. The Hall–Kier alpha value is -1.71. The number of carbonyl (C=O) groups is 1. The fourth-order valence-corrected chi connectivity index (χ4v) is 2.60. The lowest BCUT2D eigenvalue weighted by Crippen LogP contribution is -2.50. The van der Waals surface area contributed by atoms with Crippen LogP contribution in [0.5, 0.6) is 0 Å². The monoisotopic (exact) mass is 353 g/mol. The zero-order chi connectivity index (χ0) is 18.6. The van der Waals surface area contributed by atoms with Gasteiger partial charge in [-0.05, 0) is 32.8 Å². The van der Waals surface area contributed by atoms with Gasteiger partial charge in [0.05, 0.1) is 0 Å². The lowest BCUT2D eigenvalue weighted by atomic mass is 9.80. The molecule has 0 aromatic carbocycles. The summed E-state index contributed by atoms with van der Waals surface area (Å²) in [4.78, 5) is 19.5. The molecule has 9 heteroatoms. The van der Waals surface area contributed by atoms with Gasteiger partial charge in [-0.1, -0.05) is 6.07 Å². The van der Waals surface area contributed by atoms with Crippen LogP contribution < -0.4 is 5.46 Å². The number of piperazine rings is 1. The van der Waals surface area contributed by atoms with E-state index in [2.05, 4.69) is 9.88 Å². The Labute approximate surface area is 147 Å². The number of hydrogen-bond acceptors (Lipinski definition) is 6. The van der Waals surface area contributed by atoms with Crippen molar-refractivity contribution in [3.63, 3.8) is 0 Å².